The fraction of sp³-hybridized carbons (Fsp3) is 0.300. The zero-order valence-electron chi connectivity index (χ0n) is 10.2. The Morgan fingerprint density at radius 1 is 1.16 bits per heavy atom. The van der Waals surface area contributed by atoms with E-state index in [0.29, 0.717) is 5.82 Å². The van der Waals surface area contributed by atoms with Crippen molar-refractivity contribution in [3.8, 4) is 0 Å². The van der Waals surface area contributed by atoms with Gasteiger partial charge in [0.15, 0.2) is 5.82 Å². The molecule has 102 valence electrons. The van der Waals surface area contributed by atoms with Crippen LogP contribution in [-0.2, 0) is 13.2 Å². The van der Waals surface area contributed by atoms with Crippen LogP contribution >= 0.6 is 0 Å². The third-order valence-corrected chi connectivity index (χ3v) is 2.21. The molecule has 2 aromatic rings. The van der Waals surface area contributed by atoms with Gasteiger partial charge in [0.25, 0.3) is 0 Å². The molecule has 0 fully saturated rings. The molecule has 0 aliphatic carbocycles. The Morgan fingerprint density at radius 2 is 1.84 bits per heavy atom. The molecule has 9 heteroatoms. The number of aromatic nitrogens is 4. The number of alkyl halides is 3. The van der Waals surface area contributed by atoms with Crippen molar-refractivity contribution in [1.29, 1.82) is 0 Å². The third-order valence-electron chi connectivity index (χ3n) is 2.21. The van der Waals surface area contributed by atoms with Gasteiger partial charge in [0.1, 0.15) is 11.6 Å². The largest absolute Gasteiger partial charge is 0.451 e. The lowest BCUT2D eigenvalue weighted by Gasteiger charge is -2.10. The molecule has 2 rings (SSSR count). The van der Waals surface area contributed by atoms with E-state index in [1.807, 2.05) is 0 Å². The highest BCUT2D eigenvalue weighted by molar-refractivity contribution is 5.55. The quantitative estimate of drug-likeness (QED) is 0.894. The second kappa shape index (κ2) is 4.75. The summed E-state index contributed by atoms with van der Waals surface area (Å²) in [5.74, 6) is -0.722. The van der Waals surface area contributed by atoms with E-state index in [1.54, 1.807) is 19.3 Å². The summed E-state index contributed by atoms with van der Waals surface area (Å²) in [5.41, 5.74) is 0. The summed E-state index contributed by atoms with van der Waals surface area (Å²) in [6.45, 7) is 0. The highest BCUT2D eigenvalue weighted by Crippen LogP contribution is 2.28. The highest BCUT2D eigenvalue weighted by atomic mass is 19.4. The topological polar surface area (TPSA) is 67.7 Å². The van der Waals surface area contributed by atoms with Gasteiger partial charge in [0.05, 0.1) is 0 Å². The molecule has 0 aliphatic rings. The van der Waals surface area contributed by atoms with Crippen LogP contribution in [0.5, 0.6) is 0 Å². The molecule has 0 saturated carbocycles. The second-order valence-electron chi connectivity index (χ2n) is 3.71. The Balaban J connectivity index is 2.34. The number of aryl methyl sites for hydroxylation is 1. The van der Waals surface area contributed by atoms with Crippen LogP contribution < -0.4 is 10.6 Å². The minimum atomic E-state index is -4.60. The van der Waals surface area contributed by atoms with E-state index >= 15 is 0 Å². The fourth-order valence-corrected chi connectivity index (χ4v) is 1.38. The van der Waals surface area contributed by atoms with Crippen molar-refractivity contribution >= 4 is 17.5 Å². The van der Waals surface area contributed by atoms with Gasteiger partial charge in [-0.15, -0.1) is 0 Å². The molecule has 0 aliphatic heterocycles. The zero-order valence-corrected chi connectivity index (χ0v) is 10.2. The van der Waals surface area contributed by atoms with E-state index in [1.165, 1.54) is 17.8 Å². The average Bonchev–Trinajstić information content (AvgIpc) is 2.73. The van der Waals surface area contributed by atoms with Crippen molar-refractivity contribution in [3.05, 3.63) is 24.2 Å². The molecule has 0 radical (unpaired) electrons. The molecule has 6 nitrogen and oxygen atoms in total. The van der Waals surface area contributed by atoms with Crippen LogP contribution in [0.1, 0.15) is 5.82 Å². The summed E-state index contributed by atoms with van der Waals surface area (Å²) in [4.78, 5) is 6.78. The summed E-state index contributed by atoms with van der Waals surface area (Å²) in [5, 5.41) is 9.24. The Hall–Kier alpha value is -2.32. The van der Waals surface area contributed by atoms with Crippen LogP contribution in [0.25, 0.3) is 0 Å². The number of nitrogens with one attached hydrogen (secondary N) is 2. The van der Waals surface area contributed by atoms with Gasteiger partial charge in [0.2, 0.25) is 5.82 Å². The molecule has 19 heavy (non-hydrogen) atoms. The Labute approximate surface area is 106 Å². The van der Waals surface area contributed by atoms with E-state index in [2.05, 4.69) is 25.7 Å². The first kappa shape index (κ1) is 13.1. The lowest BCUT2D eigenvalue weighted by molar-refractivity contribution is -0.144. The van der Waals surface area contributed by atoms with Gasteiger partial charge in [-0.1, -0.05) is 0 Å². The van der Waals surface area contributed by atoms with Gasteiger partial charge in [-0.3, -0.25) is 4.68 Å². The summed E-state index contributed by atoms with van der Waals surface area (Å²) in [6.07, 6.45) is -2.94. The van der Waals surface area contributed by atoms with Crippen molar-refractivity contribution < 1.29 is 13.2 Å². The van der Waals surface area contributed by atoms with Crippen LogP contribution in [0.15, 0.2) is 18.3 Å². The predicted octanol–water partition coefficient (Wildman–Crippen LogP) is 2.01. The maximum Gasteiger partial charge on any atom is 0.451 e. The van der Waals surface area contributed by atoms with Crippen molar-refractivity contribution in [2.75, 3.05) is 17.7 Å². The molecule has 0 atom stereocenters. The standard InChI is InChI=1S/C10H11F3N6/c1-14-7-5-8(15-6-3-4-19(2)18-6)17-9(16-7)10(11,12)13/h3-5H,1-2H3,(H2,14,15,16,17,18). The van der Waals surface area contributed by atoms with Gasteiger partial charge >= 0.3 is 6.18 Å². The Bertz CT molecular complexity index is 577. The Kier molecular flexibility index (Phi) is 3.28. The van der Waals surface area contributed by atoms with E-state index < -0.39 is 12.0 Å². The molecule has 0 unspecified atom stereocenters. The molecule has 0 aromatic carbocycles. The van der Waals surface area contributed by atoms with Gasteiger partial charge in [0, 0.05) is 32.4 Å². The summed E-state index contributed by atoms with van der Waals surface area (Å²) < 4.78 is 39.4. The van der Waals surface area contributed by atoms with Crippen molar-refractivity contribution in [1.82, 2.24) is 19.7 Å². The molecular formula is C10H11F3N6. The van der Waals surface area contributed by atoms with Crippen LogP contribution in [0.2, 0.25) is 0 Å². The maximum atomic E-state index is 12.6. The summed E-state index contributed by atoms with van der Waals surface area (Å²) in [6, 6.07) is 2.98. The predicted molar refractivity (Wildman–Crippen MR) is 63.1 cm³/mol. The molecule has 2 aromatic heterocycles. The van der Waals surface area contributed by atoms with Crippen LogP contribution in [0, 0.1) is 0 Å². The number of halogens is 3. The van der Waals surface area contributed by atoms with Gasteiger partial charge < -0.3 is 10.6 Å². The SMILES string of the molecule is CNc1cc(Nc2ccn(C)n2)nc(C(F)(F)F)n1. The highest BCUT2D eigenvalue weighted by Gasteiger charge is 2.35. The zero-order chi connectivity index (χ0) is 14.0. The number of hydrogen-bond acceptors (Lipinski definition) is 5. The molecule has 2 heterocycles. The average molecular weight is 272 g/mol. The van der Waals surface area contributed by atoms with E-state index in [4.69, 9.17) is 0 Å². The van der Waals surface area contributed by atoms with E-state index in [-0.39, 0.29) is 11.6 Å². The van der Waals surface area contributed by atoms with Crippen LogP contribution in [0.3, 0.4) is 0 Å². The molecule has 0 amide bonds. The van der Waals surface area contributed by atoms with Crippen molar-refractivity contribution in [3.63, 3.8) is 0 Å². The number of anilines is 3. The third kappa shape index (κ3) is 3.12. The first-order valence-electron chi connectivity index (χ1n) is 5.29. The summed E-state index contributed by atoms with van der Waals surface area (Å²) >= 11 is 0. The monoisotopic (exact) mass is 272 g/mol. The molecule has 0 spiro atoms. The first-order chi connectivity index (χ1) is 8.88. The molecule has 0 saturated heterocycles. The molecule has 2 N–H and O–H groups in total. The fourth-order valence-electron chi connectivity index (χ4n) is 1.38. The molecule has 0 bridgehead atoms. The van der Waals surface area contributed by atoms with Gasteiger partial charge in [-0.05, 0) is 0 Å². The minimum absolute atomic E-state index is 0.0189. The number of rotatable bonds is 3. The van der Waals surface area contributed by atoms with E-state index in [0.717, 1.165) is 0 Å². The normalized spacial score (nSPS) is 11.4. The lowest BCUT2D eigenvalue weighted by atomic mass is 10.4. The molecular weight excluding hydrogens is 261 g/mol. The van der Waals surface area contributed by atoms with Crippen molar-refractivity contribution in [2.45, 2.75) is 6.18 Å². The maximum absolute atomic E-state index is 12.6. The van der Waals surface area contributed by atoms with Crippen molar-refractivity contribution in [2.24, 2.45) is 7.05 Å². The Morgan fingerprint density at radius 3 is 2.37 bits per heavy atom. The smallest absolute Gasteiger partial charge is 0.373 e. The minimum Gasteiger partial charge on any atom is -0.373 e. The number of nitrogens with zero attached hydrogens (tertiary/aromatic N) is 4. The second-order valence-corrected chi connectivity index (χ2v) is 3.71. The van der Waals surface area contributed by atoms with Crippen LogP contribution in [-0.4, -0.2) is 26.8 Å². The summed E-state index contributed by atoms with van der Waals surface area (Å²) in [7, 11) is 3.18. The van der Waals surface area contributed by atoms with Crippen LogP contribution in [0.4, 0.5) is 30.6 Å². The first-order valence-corrected chi connectivity index (χ1v) is 5.29. The van der Waals surface area contributed by atoms with E-state index in [9.17, 15) is 13.2 Å². The number of hydrogen-bond donors (Lipinski definition) is 2. The lowest BCUT2D eigenvalue weighted by Crippen LogP contribution is -2.13. The van der Waals surface area contributed by atoms with Gasteiger partial charge in [-0.25, -0.2) is 9.97 Å². The van der Waals surface area contributed by atoms with Gasteiger partial charge in [-0.2, -0.15) is 18.3 Å².